The summed E-state index contributed by atoms with van der Waals surface area (Å²) in [7, 11) is 1.42. The number of nitro groups is 1. The Morgan fingerprint density at radius 1 is 1.45 bits per heavy atom. The van der Waals surface area contributed by atoms with E-state index in [4.69, 9.17) is 15.2 Å². The van der Waals surface area contributed by atoms with E-state index in [2.05, 4.69) is 0 Å². The molecule has 1 aliphatic carbocycles. The van der Waals surface area contributed by atoms with Gasteiger partial charge in [0.25, 0.3) is 0 Å². The zero-order chi connectivity index (χ0) is 14.5. The topological polar surface area (TPSA) is 87.6 Å². The molecule has 0 spiro atoms. The molecule has 1 aliphatic rings. The van der Waals surface area contributed by atoms with Gasteiger partial charge in [0.05, 0.1) is 24.7 Å². The first-order valence-corrected chi connectivity index (χ1v) is 6.78. The van der Waals surface area contributed by atoms with E-state index < -0.39 is 4.92 Å². The standard InChI is InChI=1S/C14H20N2O4/c1-19-14-6-5-10(7-13(14)16(17)18)9-20-12-4-2-3-11(15)8-12/h5-7,11-12H,2-4,8-9,15H2,1H3. The molecule has 1 fully saturated rings. The summed E-state index contributed by atoms with van der Waals surface area (Å²) >= 11 is 0. The lowest BCUT2D eigenvalue weighted by Gasteiger charge is -2.26. The van der Waals surface area contributed by atoms with Crippen LogP contribution in [-0.2, 0) is 11.3 Å². The lowest BCUT2D eigenvalue weighted by atomic mass is 9.93. The largest absolute Gasteiger partial charge is 0.490 e. The molecule has 6 nitrogen and oxygen atoms in total. The molecule has 2 unspecified atom stereocenters. The Bertz CT molecular complexity index is 478. The van der Waals surface area contributed by atoms with Crippen LogP contribution in [0.2, 0.25) is 0 Å². The Labute approximate surface area is 118 Å². The van der Waals surface area contributed by atoms with Gasteiger partial charge in [-0.2, -0.15) is 0 Å². The summed E-state index contributed by atoms with van der Waals surface area (Å²) in [5.74, 6) is 0.262. The number of hydrogen-bond acceptors (Lipinski definition) is 5. The molecule has 0 aromatic heterocycles. The van der Waals surface area contributed by atoms with Gasteiger partial charge in [-0.1, -0.05) is 6.07 Å². The van der Waals surface area contributed by atoms with Gasteiger partial charge in [0.15, 0.2) is 5.75 Å². The van der Waals surface area contributed by atoms with Crippen molar-refractivity contribution in [3.05, 3.63) is 33.9 Å². The second-order valence-electron chi connectivity index (χ2n) is 5.12. The predicted octanol–water partition coefficient (Wildman–Crippen LogP) is 2.39. The Morgan fingerprint density at radius 3 is 2.90 bits per heavy atom. The highest BCUT2D eigenvalue weighted by atomic mass is 16.6. The number of benzene rings is 1. The lowest BCUT2D eigenvalue weighted by molar-refractivity contribution is -0.385. The molecule has 1 aromatic carbocycles. The van der Waals surface area contributed by atoms with E-state index in [1.165, 1.54) is 13.2 Å². The van der Waals surface area contributed by atoms with Crippen molar-refractivity contribution in [3.8, 4) is 5.75 Å². The molecule has 0 amide bonds. The molecule has 2 rings (SSSR count). The van der Waals surface area contributed by atoms with Gasteiger partial charge >= 0.3 is 5.69 Å². The van der Waals surface area contributed by atoms with Crippen LogP contribution in [0.25, 0.3) is 0 Å². The number of hydrogen-bond donors (Lipinski definition) is 1. The minimum Gasteiger partial charge on any atom is -0.490 e. The molecule has 0 saturated heterocycles. The van der Waals surface area contributed by atoms with E-state index in [0.29, 0.717) is 6.61 Å². The highest BCUT2D eigenvalue weighted by molar-refractivity contribution is 5.48. The SMILES string of the molecule is COc1ccc(COC2CCCC(N)C2)cc1[N+](=O)[O-]. The van der Waals surface area contributed by atoms with Gasteiger partial charge in [0.2, 0.25) is 0 Å². The minimum atomic E-state index is -0.446. The highest BCUT2D eigenvalue weighted by Gasteiger charge is 2.20. The van der Waals surface area contributed by atoms with Crippen molar-refractivity contribution >= 4 is 5.69 Å². The monoisotopic (exact) mass is 280 g/mol. The average molecular weight is 280 g/mol. The van der Waals surface area contributed by atoms with Crippen molar-refractivity contribution in [1.29, 1.82) is 0 Å². The van der Waals surface area contributed by atoms with Crippen molar-refractivity contribution < 1.29 is 14.4 Å². The molecule has 0 heterocycles. The second kappa shape index (κ2) is 6.67. The molecule has 0 bridgehead atoms. The molecule has 1 saturated carbocycles. The number of nitrogens with two attached hydrogens (primary N) is 1. The summed E-state index contributed by atoms with van der Waals surface area (Å²) in [6.45, 7) is 0.363. The van der Waals surface area contributed by atoms with Crippen LogP contribution in [0.4, 0.5) is 5.69 Å². The van der Waals surface area contributed by atoms with Crippen molar-refractivity contribution in [2.75, 3.05) is 7.11 Å². The van der Waals surface area contributed by atoms with Crippen LogP contribution in [0.15, 0.2) is 18.2 Å². The number of methoxy groups -OCH3 is 1. The van der Waals surface area contributed by atoms with Crippen molar-refractivity contribution in [2.24, 2.45) is 5.73 Å². The minimum absolute atomic E-state index is 0.0334. The normalized spacial score (nSPS) is 22.5. The average Bonchev–Trinajstić information content (AvgIpc) is 2.45. The van der Waals surface area contributed by atoms with Crippen LogP contribution in [0.5, 0.6) is 5.75 Å². The van der Waals surface area contributed by atoms with Gasteiger partial charge in [-0.3, -0.25) is 10.1 Å². The van der Waals surface area contributed by atoms with Crippen molar-refractivity contribution in [1.82, 2.24) is 0 Å². The number of ether oxygens (including phenoxy) is 2. The fourth-order valence-corrected chi connectivity index (χ4v) is 2.51. The Kier molecular flexibility index (Phi) is 4.92. The Balaban J connectivity index is 1.99. The molecule has 0 aliphatic heterocycles. The quantitative estimate of drug-likeness (QED) is 0.661. The molecule has 6 heteroatoms. The van der Waals surface area contributed by atoms with Gasteiger partial charge in [0.1, 0.15) is 0 Å². The second-order valence-corrected chi connectivity index (χ2v) is 5.12. The lowest BCUT2D eigenvalue weighted by Crippen LogP contribution is -2.32. The Morgan fingerprint density at radius 2 is 2.25 bits per heavy atom. The number of rotatable bonds is 5. The van der Waals surface area contributed by atoms with Crippen LogP contribution < -0.4 is 10.5 Å². The highest BCUT2D eigenvalue weighted by Crippen LogP contribution is 2.28. The smallest absolute Gasteiger partial charge is 0.311 e. The Hall–Kier alpha value is -1.66. The van der Waals surface area contributed by atoms with Gasteiger partial charge in [0, 0.05) is 12.1 Å². The third-order valence-corrected chi connectivity index (χ3v) is 3.59. The van der Waals surface area contributed by atoms with Crippen LogP contribution in [0.3, 0.4) is 0 Å². The maximum atomic E-state index is 11.0. The summed E-state index contributed by atoms with van der Waals surface area (Å²) in [5.41, 5.74) is 6.65. The van der Waals surface area contributed by atoms with Crippen molar-refractivity contribution in [3.63, 3.8) is 0 Å². The van der Waals surface area contributed by atoms with E-state index in [1.54, 1.807) is 12.1 Å². The zero-order valence-electron chi connectivity index (χ0n) is 11.6. The predicted molar refractivity (Wildman–Crippen MR) is 74.7 cm³/mol. The fourth-order valence-electron chi connectivity index (χ4n) is 2.51. The number of nitro benzene ring substituents is 1. The van der Waals surface area contributed by atoms with E-state index >= 15 is 0 Å². The van der Waals surface area contributed by atoms with E-state index in [-0.39, 0.29) is 23.6 Å². The molecule has 110 valence electrons. The van der Waals surface area contributed by atoms with Crippen LogP contribution >= 0.6 is 0 Å². The third kappa shape index (κ3) is 3.68. The summed E-state index contributed by atoms with van der Waals surface area (Å²) < 4.78 is 10.8. The molecule has 20 heavy (non-hydrogen) atoms. The van der Waals surface area contributed by atoms with Gasteiger partial charge in [-0.15, -0.1) is 0 Å². The third-order valence-electron chi connectivity index (χ3n) is 3.59. The van der Waals surface area contributed by atoms with E-state index in [9.17, 15) is 10.1 Å². The fraction of sp³-hybridized carbons (Fsp3) is 0.571. The van der Waals surface area contributed by atoms with Crippen LogP contribution in [0.1, 0.15) is 31.2 Å². The molecule has 2 atom stereocenters. The van der Waals surface area contributed by atoms with Crippen molar-refractivity contribution in [2.45, 2.75) is 44.4 Å². The molecular formula is C14H20N2O4. The summed E-state index contributed by atoms with van der Waals surface area (Å²) in [6, 6.07) is 5.10. The van der Waals surface area contributed by atoms with E-state index in [0.717, 1.165) is 31.2 Å². The van der Waals surface area contributed by atoms with Crippen LogP contribution in [0, 0.1) is 10.1 Å². The summed E-state index contributed by atoms with van der Waals surface area (Å²) in [5, 5.41) is 11.0. The molecule has 2 N–H and O–H groups in total. The summed E-state index contributed by atoms with van der Waals surface area (Å²) in [4.78, 5) is 10.5. The van der Waals surface area contributed by atoms with E-state index in [1.807, 2.05) is 0 Å². The number of nitrogens with zero attached hydrogens (tertiary/aromatic N) is 1. The molecular weight excluding hydrogens is 260 g/mol. The van der Waals surface area contributed by atoms with Gasteiger partial charge in [-0.05, 0) is 37.3 Å². The molecule has 1 aromatic rings. The first-order chi connectivity index (χ1) is 9.60. The molecule has 0 radical (unpaired) electrons. The van der Waals surface area contributed by atoms with Crippen LogP contribution in [-0.4, -0.2) is 24.2 Å². The zero-order valence-corrected chi connectivity index (χ0v) is 11.6. The first kappa shape index (κ1) is 14.7. The maximum absolute atomic E-state index is 11.0. The summed E-state index contributed by atoms with van der Waals surface area (Å²) in [6.07, 6.45) is 4.15. The van der Waals surface area contributed by atoms with Gasteiger partial charge in [-0.25, -0.2) is 0 Å². The maximum Gasteiger partial charge on any atom is 0.311 e. The first-order valence-electron chi connectivity index (χ1n) is 6.78. The van der Waals surface area contributed by atoms with Gasteiger partial charge < -0.3 is 15.2 Å².